The summed E-state index contributed by atoms with van der Waals surface area (Å²) in [6, 6.07) is 9.34. The van der Waals surface area contributed by atoms with Gasteiger partial charge in [0.25, 0.3) is 5.91 Å². The van der Waals surface area contributed by atoms with Crippen LogP contribution in [0.5, 0.6) is 0 Å². The van der Waals surface area contributed by atoms with Gasteiger partial charge in [0.1, 0.15) is 0 Å². The molecule has 94 valence electrons. The molecule has 0 aliphatic rings. The maximum atomic E-state index is 12.3. The lowest BCUT2D eigenvalue weighted by Crippen LogP contribution is -2.26. The number of hydrogen-bond donors (Lipinski definition) is 0. The summed E-state index contributed by atoms with van der Waals surface area (Å²) in [6.45, 7) is 0.634. The highest BCUT2D eigenvalue weighted by molar-refractivity contribution is 14.1. The molecule has 5 heteroatoms. The van der Waals surface area contributed by atoms with Gasteiger partial charge < -0.3 is 4.90 Å². The zero-order chi connectivity index (χ0) is 13.1. The predicted octanol–water partition coefficient (Wildman–Crippen LogP) is 4.28. The molecule has 1 heterocycles. The summed E-state index contributed by atoms with van der Waals surface area (Å²) in [6.07, 6.45) is 0. The van der Waals surface area contributed by atoms with Crippen molar-refractivity contribution in [3.05, 3.63) is 54.7 Å². The van der Waals surface area contributed by atoms with E-state index >= 15 is 0 Å². The molecule has 1 aromatic heterocycles. The second-order valence-corrected chi connectivity index (χ2v) is 6.50. The van der Waals surface area contributed by atoms with E-state index in [0.717, 1.165) is 3.57 Å². The van der Waals surface area contributed by atoms with Crippen LogP contribution < -0.4 is 0 Å². The van der Waals surface area contributed by atoms with Crippen molar-refractivity contribution in [2.24, 2.45) is 0 Å². The highest BCUT2D eigenvalue weighted by Crippen LogP contribution is 2.20. The van der Waals surface area contributed by atoms with Crippen molar-refractivity contribution in [3.63, 3.8) is 0 Å². The zero-order valence-electron chi connectivity index (χ0n) is 9.69. The van der Waals surface area contributed by atoms with E-state index in [9.17, 15) is 4.79 Å². The summed E-state index contributed by atoms with van der Waals surface area (Å²) >= 11 is 9.68. The summed E-state index contributed by atoms with van der Waals surface area (Å²) in [5, 5.41) is 2.66. The number of hydrogen-bond acceptors (Lipinski definition) is 2. The predicted molar refractivity (Wildman–Crippen MR) is 84.3 cm³/mol. The Kier molecular flexibility index (Phi) is 4.64. The summed E-state index contributed by atoms with van der Waals surface area (Å²) in [5.41, 5.74) is 0.694. The van der Waals surface area contributed by atoms with Crippen LogP contribution in [-0.2, 0) is 6.54 Å². The van der Waals surface area contributed by atoms with E-state index in [1.165, 1.54) is 4.88 Å². The van der Waals surface area contributed by atoms with Crippen molar-refractivity contribution < 1.29 is 4.79 Å². The zero-order valence-corrected chi connectivity index (χ0v) is 13.4. The Morgan fingerprint density at radius 2 is 2.22 bits per heavy atom. The van der Waals surface area contributed by atoms with Gasteiger partial charge in [0.2, 0.25) is 0 Å². The van der Waals surface area contributed by atoms with Crippen molar-refractivity contribution in [1.29, 1.82) is 0 Å². The van der Waals surface area contributed by atoms with E-state index in [4.69, 9.17) is 11.6 Å². The Morgan fingerprint density at radius 1 is 1.44 bits per heavy atom. The molecule has 1 amide bonds. The molecular weight excluding hydrogens is 381 g/mol. The van der Waals surface area contributed by atoms with E-state index in [0.29, 0.717) is 17.1 Å². The van der Waals surface area contributed by atoms with E-state index < -0.39 is 0 Å². The topological polar surface area (TPSA) is 20.3 Å². The Bertz CT molecular complexity index is 556. The SMILES string of the molecule is CN(Cc1cccs1)C(=O)c1ccc(Cl)cc1I. The van der Waals surface area contributed by atoms with E-state index in [-0.39, 0.29) is 5.91 Å². The van der Waals surface area contributed by atoms with Crippen molar-refractivity contribution in [2.75, 3.05) is 7.05 Å². The lowest BCUT2D eigenvalue weighted by molar-refractivity contribution is 0.0785. The Balaban J connectivity index is 2.15. The van der Waals surface area contributed by atoms with Crippen molar-refractivity contribution in [3.8, 4) is 0 Å². The van der Waals surface area contributed by atoms with Crippen LogP contribution >= 0.6 is 45.5 Å². The molecule has 0 atom stereocenters. The minimum Gasteiger partial charge on any atom is -0.337 e. The fraction of sp³-hybridized carbons (Fsp3) is 0.154. The maximum Gasteiger partial charge on any atom is 0.254 e. The Hall–Kier alpha value is -0.590. The van der Waals surface area contributed by atoms with Gasteiger partial charge in [-0.2, -0.15) is 0 Å². The fourth-order valence-corrected chi connectivity index (χ4v) is 3.44. The number of thiophene rings is 1. The van der Waals surface area contributed by atoms with E-state index in [1.807, 2.05) is 24.6 Å². The molecule has 0 fully saturated rings. The highest BCUT2D eigenvalue weighted by atomic mass is 127. The number of halogens is 2. The first-order valence-corrected chi connectivity index (χ1v) is 7.64. The lowest BCUT2D eigenvalue weighted by Gasteiger charge is -2.17. The quantitative estimate of drug-likeness (QED) is 0.715. The third-order valence-corrected chi connectivity index (χ3v) is 4.47. The van der Waals surface area contributed by atoms with Crippen molar-refractivity contribution in [2.45, 2.75) is 6.54 Å². The first-order valence-electron chi connectivity index (χ1n) is 5.31. The molecule has 2 nitrogen and oxygen atoms in total. The first-order chi connectivity index (χ1) is 8.58. The van der Waals surface area contributed by atoms with Crippen LogP contribution in [-0.4, -0.2) is 17.9 Å². The summed E-state index contributed by atoms with van der Waals surface area (Å²) < 4.78 is 0.878. The van der Waals surface area contributed by atoms with Gasteiger partial charge in [-0.25, -0.2) is 0 Å². The van der Waals surface area contributed by atoms with Crippen LogP contribution in [0.1, 0.15) is 15.2 Å². The molecule has 0 saturated heterocycles. The molecule has 0 aliphatic carbocycles. The summed E-state index contributed by atoms with van der Waals surface area (Å²) in [7, 11) is 1.81. The summed E-state index contributed by atoms with van der Waals surface area (Å²) in [4.78, 5) is 15.2. The number of rotatable bonds is 3. The molecule has 0 saturated carbocycles. The maximum absolute atomic E-state index is 12.3. The molecule has 0 radical (unpaired) electrons. The minimum atomic E-state index is 0.0180. The second kappa shape index (κ2) is 6.04. The van der Waals surface area contributed by atoms with Crippen LogP contribution in [0.4, 0.5) is 0 Å². The first kappa shape index (κ1) is 13.8. The number of amides is 1. The standard InChI is InChI=1S/C13H11ClINOS/c1-16(8-10-3-2-6-18-10)13(17)11-5-4-9(14)7-12(11)15/h2-7H,8H2,1H3. The van der Waals surface area contributed by atoms with Gasteiger partial charge in [0.05, 0.1) is 12.1 Å². The second-order valence-electron chi connectivity index (χ2n) is 3.86. The van der Waals surface area contributed by atoms with Crippen LogP contribution in [0.3, 0.4) is 0 Å². The van der Waals surface area contributed by atoms with Crippen LogP contribution in [0.2, 0.25) is 5.02 Å². The molecule has 0 N–H and O–H groups in total. The van der Waals surface area contributed by atoms with Gasteiger partial charge in [-0.1, -0.05) is 17.7 Å². The molecule has 0 unspecified atom stereocenters. The normalized spacial score (nSPS) is 10.4. The van der Waals surface area contributed by atoms with Gasteiger partial charge in [-0.15, -0.1) is 11.3 Å². The Morgan fingerprint density at radius 3 is 2.83 bits per heavy atom. The van der Waals surface area contributed by atoms with Crippen LogP contribution in [0.25, 0.3) is 0 Å². The van der Waals surface area contributed by atoms with E-state index in [2.05, 4.69) is 22.6 Å². The molecule has 1 aromatic carbocycles. The molecular formula is C13H11ClINOS. The highest BCUT2D eigenvalue weighted by Gasteiger charge is 2.15. The van der Waals surface area contributed by atoms with Gasteiger partial charge in [0, 0.05) is 20.5 Å². The van der Waals surface area contributed by atoms with Crippen molar-refractivity contribution >= 4 is 51.4 Å². The third kappa shape index (κ3) is 3.24. The number of carbonyl (C=O) groups excluding carboxylic acids is 1. The number of carbonyl (C=O) groups is 1. The van der Waals surface area contributed by atoms with Crippen molar-refractivity contribution in [1.82, 2.24) is 4.90 Å². The molecule has 18 heavy (non-hydrogen) atoms. The number of nitrogens with zero attached hydrogens (tertiary/aromatic N) is 1. The summed E-state index contributed by atoms with van der Waals surface area (Å²) in [5.74, 6) is 0.0180. The van der Waals surface area contributed by atoms with Gasteiger partial charge in [0.15, 0.2) is 0 Å². The fourth-order valence-electron chi connectivity index (χ4n) is 1.58. The average molecular weight is 392 g/mol. The molecule has 0 spiro atoms. The molecule has 2 aromatic rings. The van der Waals surface area contributed by atoms with Gasteiger partial charge in [-0.05, 0) is 52.2 Å². The smallest absolute Gasteiger partial charge is 0.254 e. The average Bonchev–Trinajstić information content (AvgIpc) is 2.81. The van der Waals surface area contributed by atoms with Gasteiger partial charge >= 0.3 is 0 Å². The molecule has 2 rings (SSSR count). The minimum absolute atomic E-state index is 0.0180. The molecule has 0 aliphatic heterocycles. The Labute approximate surface area is 129 Å². The van der Waals surface area contributed by atoms with Crippen LogP contribution in [0.15, 0.2) is 35.7 Å². The van der Waals surface area contributed by atoms with Crippen LogP contribution in [0, 0.1) is 3.57 Å². The van der Waals surface area contributed by atoms with Gasteiger partial charge in [-0.3, -0.25) is 4.79 Å². The lowest BCUT2D eigenvalue weighted by atomic mass is 10.2. The largest absolute Gasteiger partial charge is 0.337 e. The van der Waals surface area contributed by atoms with E-state index in [1.54, 1.807) is 34.4 Å². The third-order valence-electron chi connectivity index (χ3n) is 2.48. The monoisotopic (exact) mass is 391 g/mol. The molecule has 0 bridgehead atoms. The number of benzene rings is 1.